The second-order valence-corrected chi connectivity index (χ2v) is 7.89. The van der Waals surface area contributed by atoms with Crippen LogP contribution in [0.5, 0.6) is 5.75 Å². The van der Waals surface area contributed by atoms with E-state index in [-0.39, 0.29) is 31.3 Å². The summed E-state index contributed by atoms with van der Waals surface area (Å²) in [4.78, 5) is 23.9. The first kappa shape index (κ1) is 22.8. The first-order valence-electron chi connectivity index (χ1n) is 8.87. The average Bonchev–Trinajstić information content (AvgIpc) is 2.64. The van der Waals surface area contributed by atoms with Gasteiger partial charge in [-0.25, -0.2) is 0 Å². The lowest BCUT2D eigenvalue weighted by molar-refractivity contribution is -0.186. The van der Waals surface area contributed by atoms with Crippen molar-refractivity contribution < 1.29 is 27.5 Å². The van der Waals surface area contributed by atoms with Gasteiger partial charge in [0.1, 0.15) is 5.75 Å². The molecule has 0 spiro atoms. The second-order valence-electron chi connectivity index (χ2n) is 6.56. The Morgan fingerprint density at radius 3 is 2.57 bits per heavy atom. The zero-order valence-electron chi connectivity index (χ0n) is 15.0. The van der Waals surface area contributed by atoms with Gasteiger partial charge in [-0.2, -0.15) is 13.2 Å². The first-order chi connectivity index (χ1) is 13.2. The number of carbonyl (C=O) groups is 2. The zero-order valence-corrected chi connectivity index (χ0v) is 17.4. The normalized spacial score (nSPS) is 15.4. The van der Waals surface area contributed by atoms with E-state index in [1.165, 1.54) is 0 Å². The standard InChI is InChI=1S/C18H21BrClF3N2O3/c19-13-3-4-15(14(20)10-13)28-9-1-2-16(26)24-11-12-5-7-25(8-6-12)17(27)18(21,22)23/h3-4,10,12H,1-2,5-9,11H2,(H,24,26). The molecule has 1 aliphatic heterocycles. The minimum atomic E-state index is -4.83. The highest BCUT2D eigenvalue weighted by molar-refractivity contribution is 9.10. The Labute approximate surface area is 174 Å². The van der Waals surface area contributed by atoms with E-state index in [0.29, 0.717) is 43.2 Å². The lowest BCUT2D eigenvalue weighted by atomic mass is 9.96. The van der Waals surface area contributed by atoms with Crippen LogP contribution in [0.15, 0.2) is 22.7 Å². The Balaban J connectivity index is 1.60. The minimum absolute atomic E-state index is 0.0562. The molecule has 2 rings (SSSR count). The van der Waals surface area contributed by atoms with Gasteiger partial charge in [0.05, 0.1) is 11.6 Å². The van der Waals surface area contributed by atoms with Crippen molar-refractivity contribution in [2.24, 2.45) is 5.92 Å². The van der Waals surface area contributed by atoms with Crippen LogP contribution in [0.4, 0.5) is 13.2 Å². The Bertz CT molecular complexity index is 695. The van der Waals surface area contributed by atoms with Crippen molar-refractivity contribution in [1.29, 1.82) is 0 Å². The van der Waals surface area contributed by atoms with Crippen molar-refractivity contribution in [3.05, 3.63) is 27.7 Å². The molecule has 0 saturated carbocycles. The predicted octanol–water partition coefficient (Wildman–Crippen LogP) is 4.18. The largest absolute Gasteiger partial charge is 0.492 e. The van der Waals surface area contributed by atoms with E-state index in [9.17, 15) is 22.8 Å². The molecule has 0 aliphatic carbocycles. The van der Waals surface area contributed by atoms with Gasteiger partial charge in [-0.3, -0.25) is 9.59 Å². The summed E-state index contributed by atoms with van der Waals surface area (Å²) >= 11 is 9.34. The van der Waals surface area contributed by atoms with E-state index >= 15 is 0 Å². The fourth-order valence-corrected chi connectivity index (χ4v) is 3.60. The third-order valence-corrected chi connectivity index (χ3v) is 5.22. The number of amides is 2. The second kappa shape index (κ2) is 10.3. The Kier molecular flexibility index (Phi) is 8.42. The Morgan fingerprint density at radius 2 is 1.96 bits per heavy atom. The number of rotatable bonds is 7. The summed E-state index contributed by atoms with van der Waals surface area (Å²) in [5.41, 5.74) is 0. The zero-order chi connectivity index (χ0) is 20.7. The Hall–Kier alpha value is -1.48. The van der Waals surface area contributed by atoms with Gasteiger partial charge in [-0.15, -0.1) is 0 Å². The Morgan fingerprint density at radius 1 is 1.29 bits per heavy atom. The smallest absolute Gasteiger partial charge is 0.471 e. The molecule has 10 heteroatoms. The van der Waals surface area contributed by atoms with E-state index < -0.39 is 12.1 Å². The number of benzene rings is 1. The maximum atomic E-state index is 12.4. The molecule has 1 N–H and O–H groups in total. The van der Waals surface area contributed by atoms with Crippen LogP contribution < -0.4 is 10.1 Å². The molecule has 1 aliphatic rings. The molecule has 1 aromatic carbocycles. The molecule has 0 aromatic heterocycles. The van der Waals surface area contributed by atoms with E-state index in [1.54, 1.807) is 12.1 Å². The van der Waals surface area contributed by atoms with Gasteiger partial charge in [0.2, 0.25) is 5.91 Å². The number of ether oxygens (including phenoxy) is 1. The molecule has 28 heavy (non-hydrogen) atoms. The summed E-state index contributed by atoms with van der Waals surface area (Å²) in [6.45, 7) is 0.848. The maximum Gasteiger partial charge on any atom is 0.471 e. The van der Waals surface area contributed by atoms with Gasteiger partial charge in [0, 0.05) is 30.5 Å². The maximum absolute atomic E-state index is 12.4. The summed E-state index contributed by atoms with van der Waals surface area (Å²) in [5.74, 6) is -1.32. The number of carbonyl (C=O) groups excluding carboxylic acids is 2. The van der Waals surface area contributed by atoms with Crippen LogP contribution >= 0.6 is 27.5 Å². The van der Waals surface area contributed by atoms with Crippen LogP contribution in [0.1, 0.15) is 25.7 Å². The molecule has 1 heterocycles. The number of nitrogens with zero attached hydrogens (tertiary/aromatic N) is 1. The minimum Gasteiger partial charge on any atom is -0.492 e. The number of piperidine rings is 1. The quantitative estimate of drug-likeness (QED) is 0.590. The molecule has 0 unspecified atom stereocenters. The molecular formula is C18H21BrClF3N2O3. The van der Waals surface area contributed by atoms with Crippen LogP contribution in [-0.4, -0.2) is 49.1 Å². The third kappa shape index (κ3) is 7.16. The highest BCUT2D eigenvalue weighted by atomic mass is 79.9. The van der Waals surface area contributed by atoms with E-state index in [1.807, 2.05) is 6.07 Å². The van der Waals surface area contributed by atoms with Crippen molar-refractivity contribution in [2.45, 2.75) is 31.9 Å². The van der Waals surface area contributed by atoms with Crippen molar-refractivity contribution in [3.8, 4) is 5.75 Å². The topological polar surface area (TPSA) is 58.6 Å². The van der Waals surface area contributed by atoms with Gasteiger partial charge in [-0.05, 0) is 43.4 Å². The molecule has 0 bridgehead atoms. The number of likely N-dealkylation sites (tertiary alicyclic amines) is 1. The van der Waals surface area contributed by atoms with Crippen LogP contribution in [0.25, 0.3) is 0 Å². The third-order valence-electron chi connectivity index (χ3n) is 4.43. The molecule has 2 amide bonds. The molecule has 0 atom stereocenters. The molecule has 1 aromatic rings. The number of halogens is 5. The lowest BCUT2D eigenvalue weighted by Crippen LogP contribution is -2.46. The van der Waals surface area contributed by atoms with Crippen molar-refractivity contribution >= 4 is 39.3 Å². The van der Waals surface area contributed by atoms with Crippen molar-refractivity contribution in [1.82, 2.24) is 10.2 Å². The summed E-state index contributed by atoms with van der Waals surface area (Å²) in [5, 5.41) is 3.27. The van der Waals surface area contributed by atoms with Crippen molar-refractivity contribution in [3.63, 3.8) is 0 Å². The van der Waals surface area contributed by atoms with Crippen LogP contribution in [0.2, 0.25) is 5.02 Å². The molecule has 156 valence electrons. The molecule has 0 radical (unpaired) electrons. The lowest BCUT2D eigenvalue weighted by Gasteiger charge is -2.32. The van der Waals surface area contributed by atoms with Gasteiger partial charge >= 0.3 is 12.1 Å². The highest BCUT2D eigenvalue weighted by Gasteiger charge is 2.43. The summed E-state index contributed by atoms with van der Waals surface area (Å²) in [7, 11) is 0. The molecule has 1 fully saturated rings. The summed E-state index contributed by atoms with van der Waals surface area (Å²) in [6, 6.07) is 5.26. The van der Waals surface area contributed by atoms with Crippen LogP contribution in [0.3, 0.4) is 0 Å². The summed E-state index contributed by atoms with van der Waals surface area (Å²) < 4.78 is 43.6. The van der Waals surface area contributed by atoms with Crippen LogP contribution in [-0.2, 0) is 9.59 Å². The number of hydrogen-bond donors (Lipinski definition) is 1. The average molecular weight is 486 g/mol. The molecular weight excluding hydrogens is 465 g/mol. The SMILES string of the molecule is O=C(CCCOc1ccc(Br)cc1Cl)NCC1CCN(C(=O)C(F)(F)F)CC1. The van der Waals surface area contributed by atoms with Gasteiger partial charge in [0.25, 0.3) is 0 Å². The van der Waals surface area contributed by atoms with Gasteiger partial charge in [-0.1, -0.05) is 27.5 Å². The summed E-state index contributed by atoms with van der Waals surface area (Å²) in [6.07, 6.45) is -3.17. The van der Waals surface area contributed by atoms with Crippen LogP contribution in [0, 0.1) is 5.92 Å². The van der Waals surface area contributed by atoms with E-state index in [4.69, 9.17) is 16.3 Å². The number of alkyl halides is 3. The molecule has 1 saturated heterocycles. The van der Waals surface area contributed by atoms with E-state index in [0.717, 1.165) is 9.37 Å². The monoisotopic (exact) mass is 484 g/mol. The number of nitrogens with one attached hydrogen (secondary N) is 1. The van der Waals surface area contributed by atoms with Crippen molar-refractivity contribution in [2.75, 3.05) is 26.2 Å². The molecule has 5 nitrogen and oxygen atoms in total. The van der Waals surface area contributed by atoms with E-state index in [2.05, 4.69) is 21.2 Å². The first-order valence-corrected chi connectivity index (χ1v) is 10.0. The fourth-order valence-electron chi connectivity index (χ4n) is 2.87. The number of hydrogen-bond acceptors (Lipinski definition) is 3. The predicted molar refractivity (Wildman–Crippen MR) is 102 cm³/mol. The highest BCUT2D eigenvalue weighted by Crippen LogP contribution is 2.28. The fraction of sp³-hybridized carbons (Fsp3) is 0.556. The van der Waals surface area contributed by atoms with Gasteiger partial charge in [0.15, 0.2) is 0 Å². The van der Waals surface area contributed by atoms with Gasteiger partial charge < -0.3 is 15.0 Å².